The number of aliphatic hydroxyl groups is 1. The molecule has 0 bridgehead atoms. The maximum absolute atomic E-state index is 13.7. The van der Waals surface area contributed by atoms with Gasteiger partial charge in [-0.25, -0.2) is 19.3 Å². The van der Waals surface area contributed by atoms with Gasteiger partial charge in [-0.15, -0.1) is 0 Å². The van der Waals surface area contributed by atoms with E-state index in [0.717, 1.165) is 5.69 Å². The third kappa shape index (κ3) is 5.28. The highest BCUT2D eigenvalue weighted by atomic mass is 19.1. The fourth-order valence-corrected chi connectivity index (χ4v) is 4.83. The number of ether oxygens (including phenoxy) is 2. The summed E-state index contributed by atoms with van der Waals surface area (Å²) in [5.74, 6) is 0.296. The van der Waals surface area contributed by atoms with Crippen LogP contribution in [0.3, 0.4) is 0 Å². The maximum atomic E-state index is 13.7. The van der Waals surface area contributed by atoms with Crippen LogP contribution in [-0.4, -0.2) is 73.2 Å². The highest BCUT2D eigenvalue weighted by molar-refractivity contribution is 5.83. The van der Waals surface area contributed by atoms with Crippen molar-refractivity contribution in [1.29, 1.82) is 0 Å². The lowest BCUT2D eigenvalue weighted by Crippen LogP contribution is -2.49. The van der Waals surface area contributed by atoms with E-state index in [1.54, 1.807) is 60.7 Å². The Balaban J connectivity index is 1.27. The molecule has 1 amide bonds. The van der Waals surface area contributed by atoms with Gasteiger partial charge in [0.1, 0.15) is 5.82 Å². The Hall–Kier alpha value is -4.26. The summed E-state index contributed by atoms with van der Waals surface area (Å²) in [6.07, 6.45) is 4.17. The lowest BCUT2D eigenvalue weighted by Gasteiger charge is -2.37. The van der Waals surface area contributed by atoms with Crippen LogP contribution in [-0.2, 0) is 14.3 Å². The van der Waals surface area contributed by atoms with Gasteiger partial charge in [0.05, 0.1) is 41.8 Å². The molecule has 12 heteroatoms. The Morgan fingerprint density at radius 2 is 1.85 bits per heavy atom. The third-order valence-corrected chi connectivity index (χ3v) is 6.98. The topological polar surface area (TPSA) is 138 Å². The molecule has 5 heterocycles. The minimum absolute atomic E-state index is 0.107. The number of hydrogen-bond acceptors (Lipinski definition) is 9. The number of rotatable bonds is 6. The zero-order chi connectivity index (χ0) is 27.7. The van der Waals surface area contributed by atoms with Crippen LogP contribution < -0.4 is 5.32 Å². The number of nitrogens with one attached hydrogen (secondary N) is 2. The first kappa shape index (κ1) is 26.0. The van der Waals surface area contributed by atoms with Crippen molar-refractivity contribution in [3.8, 4) is 22.6 Å². The van der Waals surface area contributed by atoms with Crippen molar-refractivity contribution < 1.29 is 23.8 Å². The summed E-state index contributed by atoms with van der Waals surface area (Å²) in [5.41, 5.74) is 2.23. The lowest BCUT2D eigenvalue weighted by atomic mass is 9.90. The maximum Gasteiger partial charge on any atom is 0.233 e. The van der Waals surface area contributed by atoms with Crippen molar-refractivity contribution in [3.05, 3.63) is 72.7 Å². The number of likely N-dealkylation sites (tertiary alicyclic amines) is 1. The second-order valence-electron chi connectivity index (χ2n) is 10.2. The third-order valence-electron chi connectivity index (χ3n) is 6.98. The van der Waals surface area contributed by atoms with Crippen LogP contribution in [0.15, 0.2) is 61.1 Å². The summed E-state index contributed by atoms with van der Waals surface area (Å²) in [7, 11) is 0. The van der Waals surface area contributed by atoms with E-state index >= 15 is 0 Å². The van der Waals surface area contributed by atoms with Crippen molar-refractivity contribution >= 4 is 17.5 Å². The van der Waals surface area contributed by atoms with Crippen molar-refractivity contribution in [3.63, 3.8) is 0 Å². The Morgan fingerprint density at radius 3 is 2.55 bits per heavy atom. The van der Waals surface area contributed by atoms with E-state index in [-0.39, 0.29) is 24.9 Å². The van der Waals surface area contributed by atoms with E-state index in [4.69, 9.17) is 14.5 Å². The number of pyridine rings is 1. The molecule has 11 nitrogen and oxygen atoms in total. The van der Waals surface area contributed by atoms with E-state index in [1.807, 2.05) is 0 Å². The van der Waals surface area contributed by atoms with Crippen molar-refractivity contribution in [1.82, 2.24) is 29.8 Å². The Labute approximate surface area is 229 Å². The number of anilines is 2. The van der Waals surface area contributed by atoms with Crippen LogP contribution in [0.4, 0.5) is 16.0 Å². The van der Waals surface area contributed by atoms with Crippen LogP contribution in [0.1, 0.15) is 25.5 Å². The first-order valence-electron chi connectivity index (χ1n) is 12.9. The van der Waals surface area contributed by atoms with Crippen LogP contribution in [0.5, 0.6) is 0 Å². The number of aromatic amines is 1. The molecule has 206 valence electrons. The van der Waals surface area contributed by atoms with Crippen molar-refractivity contribution in [2.45, 2.75) is 25.7 Å². The second kappa shape index (κ2) is 10.7. The summed E-state index contributed by atoms with van der Waals surface area (Å²) < 4.78 is 25.7. The molecule has 40 heavy (non-hydrogen) atoms. The van der Waals surface area contributed by atoms with Gasteiger partial charge in [0.2, 0.25) is 18.1 Å². The molecule has 1 aromatic carbocycles. The predicted octanol–water partition coefficient (Wildman–Crippen LogP) is 3.46. The smallest absolute Gasteiger partial charge is 0.233 e. The van der Waals surface area contributed by atoms with Gasteiger partial charge in [-0.3, -0.25) is 9.78 Å². The molecule has 1 unspecified atom stereocenters. The number of hydrogen-bond donors (Lipinski definition) is 3. The Bertz CT molecular complexity index is 1490. The van der Waals surface area contributed by atoms with Crippen LogP contribution in [0.2, 0.25) is 0 Å². The minimum atomic E-state index is -0.879. The van der Waals surface area contributed by atoms with Crippen molar-refractivity contribution in [2.24, 2.45) is 5.41 Å². The van der Waals surface area contributed by atoms with Gasteiger partial charge in [-0.1, -0.05) is 0 Å². The molecule has 2 saturated heterocycles. The number of carbonyl (C=O) groups excluding carboxylic acids is 1. The number of aliphatic hydroxyl groups excluding tert-OH is 1. The number of imidazole rings is 1. The zero-order valence-corrected chi connectivity index (χ0v) is 21.7. The molecule has 2 aliphatic rings. The van der Waals surface area contributed by atoms with Gasteiger partial charge in [0.25, 0.3) is 0 Å². The fourth-order valence-electron chi connectivity index (χ4n) is 4.83. The first-order valence-corrected chi connectivity index (χ1v) is 12.9. The molecule has 0 radical (unpaired) electrons. The average Bonchev–Trinajstić information content (AvgIpc) is 3.61. The minimum Gasteiger partial charge on any atom is -0.391 e. The normalized spacial score (nSPS) is 22.8. The number of aromatic nitrogens is 5. The first-order chi connectivity index (χ1) is 19.4. The van der Waals surface area contributed by atoms with Gasteiger partial charge < -0.3 is 29.8 Å². The van der Waals surface area contributed by atoms with E-state index in [0.29, 0.717) is 53.9 Å². The van der Waals surface area contributed by atoms with Gasteiger partial charge in [-0.05, 0) is 55.8 Å². The zero-order valence-electron chi connectivity index (χ0n) is 21.7. The molecule has 2 fully saturated rings. The molecule has 1 atom stereocenters. The molecular formula is C28H28FN7O4. The number of carbonyl (C=O) groups is 1. The van der Waals surface area contributed by atoms with Crippen LogP contribution in [0, 0.1) is 11.2 Å². The van der Waals surface area contributed by atoms with E-state index < -0.39 is 17.8 Å². The number of β-amino-alcohol motifs (C(OH)–C–C–N with tert-alkyl or cyclic N) is 1. The Kier molecular flexibility index (Phi) is 6.96. The van der Waals surface area contributed by atoms with Gasteiger partial charge in [0, 0.05) is 42.9 Å². The number of halogens is 1. The quantitative estimate of drug-likeness (QED) is 0.332. The summed E-state index contributed by atoms with van der Waals surface area (Å²) in [6.45, 7) is 2.87. The molecule has 0 spiro atoms. The molecule has 6 rings (SSSR count). The molecule has 3 N–H and O–H groups in total. The molecule has 3 aromatic heterocycles. The summed E-state index contributed by atoms with van der Waals surface area (Å²) in [4.78, 5) is 35.8. The van der Waals surface area contributed by atoms with Gasteiger partial charge in [-0.2, -0.15) is 0 Å². The van der Waals surface area contributed by atoms with Gasteiger partial charge >= 0.3 is 0 Å². The average molecular weight is 546 g/mol. The van der Waals surface area contributed by atoms with E-state index in [2.05, 4.69) is 25.3 Å². The summed E-state index contributed by atoms with van der Waals surface area (Å²) in [5, 5.41) is 13.0. The van der Waals surface area contributed by atoms with Gasteiger partial charge in [0.15, 0.2) is 5.82 Å². The molecule has 0 saturated carbocycles. The number of benzene rings is 1. The summed E-state index contributed by atoms with van der Waals surface area (Å²) in [6, 6.07) is 11.4. The van der Waals surface area contributed by atoms with E-state index in [1.165, 1.54) is 12.1 Å². The molecule has 0 aliphatic carbocycles. The van der Waals surface area contributed by atoms with E-state index in [9.17, 15) is 14.3 Å². The fraction of sp³-hybridized carbons (Fsp3) is 0.321. The number of nitrogens with zero attached hydrogens (tertiary/aromatic N) is 5. The SMILES string of the molecule is CC1(C(=O)N2CCC(O)C2)COC(c2nc(-c3ccc(F)cc3)c(-c3ccnc(Nc4ccncc4)n3)[nH]2)OC1. The molecule has 2 aliphatic heterocycles. The van der Waals surface area contributed by atoms with Crippen molar-refractivity contribution in [2.75, 3.05) is 31.6 Å². The summed E-state index contributed by atoms with van der Waals surface area (Å²) >= 11 is 0. The standard InChI is InChI=1S/C28H28FN7O4/c1-28(26(38)36-13-9-20(37)14-36)15-39-25(40-16-28)24-34-22(17-2-4-18(29)5-3-17)23(35-24)21-8-12-31-27(33-21)32-19-6-10-30-11-7-19/h2-8,10-12,20,25,37H,9,13-16H2,1H3,(H,34,35)(H,30,31,32,33). The Morgan fingerprint density at radius 1 is 1.10 bits per heavy atom. The largest absolute Gasteiger partial charge is 0.391 e. The highest BCUT2D eigenvalue weighted by Crippen LogP contribution is 2.36. The second-order valence-corrected chi connectivity index (χ2v) is 10.2. The van der Waals surface area contributed by atoms with Crippen LogP contribution in [0.25, 0.3) is 22.6 Å². The monoisotopic (exact) mass is 545 g/mol. The molecule has 4 aromatic rings. The number of amides is 1. The van der Waals surface area contributed by atoms with Crippen LogP contribution >= 0.6 is 0 Å². The highest BCUT2D eigenvalue weighted by Gasteiger charge is 2.44. The predicted molar refractivity (Wildman–Crippen MR) is 142 cm³/mol. The number of H-pyrrole nitrogens is 1. The molecular weight excluding hydrogens is 517 g/mol. The lowest BCUT2D eigenvalue weighted by molar-refractivity contribution is -0.234.